The molecule has 1 saturated carbocycles. The molecule has 0 aromatic carbocycles. The molecule has 2 aromatic rings. The molecule has 0 aliphatic heterocycles. The van der Waals surface area contributed by atoms with Crippen molar-refractivity contribution < 1.29 is 9.90 Å². The molecule has 2 atom stereocenters. The van der Waals surface area contributed by atoms with Crippen molar-refractivity contribution in [2.24, 2.45) is 5.73 Å². The normalized spacial score (nSPS) is 20.7. The quantitative estimate of drug-likeness (QED) is 0.883. The van der Waals surface area contributed by atoms with Gasteiger partial charge in [0.15, 0.2) is 0 Å². The average Bonchev–Trinajstić information content (AvgIpc) is 2.61. The van der Waals surface area contributed by atoms with Crippen molar-refractivity contribution in [2.75, 3.05) is 0 Å². The molecule has 0 radical (unpaired) electrons. The minimum Gasteiger partial charge on any atom is -0.392 e. The third-order valence-corrected chi connectivity index (χ3v) is 4.75. The average molecular weight is 325 g/mol. The van der Waals surface area contributed by atoms with E-state index in [1.807, 2.05) is 18.2 Å². The number of amides is 1. The van der Waals surface area contributed by atoms with E-state index in [-0.39, 0.29) is 5.92 Å². The molecular weight excluding hydrogens is 302 g/mol. The molecule has 5 nitrogen and oxygen atoms in total. The SMILES string of the molecule is NC(=O)c1ccc(CCc2ccncc2)nc1[C@H]1CCCC[C@H]1O. The number of aliphatic hydroxyl groups excluding tert-OH is 1. The first kappa shape index (κ1) is 16.6. The van der Waals surface area contributed by atoms with Crippen LogP contribution in [-0.2, 0) is 12.8 Å². The van der Waals surface area contributed by atoms with Crippen LogP contribution in [0.3, 0.4) is 0 Å². The van der Waals surface area contributed by atoms with Crippen LogP contribution >= 0.6 is 0 Å². The molecule has 0 bridgehead atoms. The standard InChI is InChI=1S/C19H23N3O2/c20-19(24)16-8-7-14(6-5-13-9-11-21-12-10-13)22-18(16)15-3-1-2-4-17(15)23/h7-12,15,17,23H,1-6H2,(H2,20,24)/t15-,17+/m0/s1. The summed E-state index contributed by atoms with van der Waals surface area (Å²) in [7, 11) is 0. The number of pyridine rings is 2. The second kappa shape index (κ2) is 7.53. The predicted molar refractivity (Wildman–Crippen MR) is 91.6 cm³/mol. The molecule has 24 heavy (non-hydrogen) atoms. The number of aliphatic hydroxyl groups is 1. The topological polar surface area (TPSA) is 89.1 Å². The Morgan fingerprint density at radius 3 is 2.58 bits per heavy atom. The van der Waals surface area contributed by atoms with Crippen molar-refractivity contribution >= 4 is 5.91 Å². The van der Waals surface area contributed by atoms with Crippen molar-refractivity contribution in [2.45, 2.75) is 50.5 Å². The lowest BCUT2D eigenvalue weighted by Crippen LogP contribution is -2.27. The number of aryl methyl sites for hydroxylation is 2. The highest BCUT2D eigenvalue weighted by atomic mass is 16.3. The molecule has 126 valence electrons. The third kappa shape index (κ3) is 3.79. The summed E-state index contributed by atoms with van der Waals surface area (Å²) in [5.74, 6) is -0.571. The van der Waals surface area contributed by atoms with E-state index in [1.165, 1.54) is 5.56 Å². The van der Waals surface area contributed by atoms with Crippen molar-refractivity contribution in [3.8, 4) is 0 Å². The van der Waals surface area contributed by atoms with Gasteiger partial charge in [-0.05, 0) is 55.5 Å². The monoisotopic (exact) mass is 325 g/mol. The van der Waals surface area contributed by atoms with Crippen molar-refractivity contribution in [3.63, 3.8) is 0 Å². The summed E-state index contributed by atoms with van der Waals surface area (Å²) in [6, 6.07) is 7.60. The molecule has 0 saturated heterocycles. The summed E-state index contributed by atoms with van der Waals surface area (Å²) >= 11 is 0. The van der Waals surface area contributed by atoms with Crippen LogP contribution in [0.1, 0.15) is 58.9 Å². The zero-order chi connectivity index (χ0) is 16.9. The van der Waals surface area contributed by atoms with Gasteiger partial charge in [-0.2, -0.15) is 0 Å². The van der Waals surface area contributed by atoms with E-state index >= 15 is 0 Å². The first-order valence-electron chi connectivity index (χ1n) is 8.51. The molecule has 1 fully saturated rings. The van der Waals surface area contributed by atoms with Gasteiger partial charge in [0.2, 0.25) is 0 Å². The molecule has 2 aromatic heterocycles. The smallest absolute Gasteiger partial charge is 0.250 e. The molecule has 2 heterocycles. The zero-order valence-corrected chi connectivity index (χ0v) is 13.7. The van der Waals surface area contributed by atoms with Gasteiger partial charge in [0.05, 0.1) is 17.4 Å². The molecule has 1 aliphatic carbocycles. The minimum absolute atomic E-state index is 0.0953. The molecule has 5 heteroatoms. The van der Waals surface area contributed by atoms with Crippen LogP contribution in [0.15, 0.2) is 36.7 Å². The van der Waals surface area contributed by atoms with Gasteiger partial charge in [-0.15, -0.1) is 0 Å². The highest BCUT2D eigenvalue weighted by Gasteiger charge is 2.29. The number of carbonyl (C=O) groups is 1. The van der Waals surface area contributed by atoms with Gasteiger partial charge in [-0.1, -0.05) is 12.8 Å². The maximum atomic E-state index is 11.8. The van der Waals surface area contributed by atoms with Crippen LogP contribution in [0.5, 0.6) is 0 Å². The Labute approximate surface area is 142 Å². The number of hydrogen-bond acceptors (Lipinski definition) is 4. The second-order valence-electron chi connectivity index (χ2n) is 6.41. The first-order chi connectivity index (χ1) is 11.6. The van der Waals surface area contributed by atoms with Crippen molar-refractivity contribution in [1.29, 1.82) is 0 Å². The van der Waals surface area contributed by atoms with E-state index in [9.17, 15) is 9.90 Å². The number of primary amides is 1. The van der Waals surface area contributed by atoms with Crippen LogP contribution in [0.25, 0.3) is 0 Å². The Hall–Kier alpha value is -2.27. The van der Waals surface area contributed by atoms with Crippen LogP contribution in [-0.4, -0.2) is 27.1 Å². The summed E-state index contributed by atoms with van der Waals surface area (Å²) in [5.41, 5.74) is 8.74. The number of nitrogens with zero attached hydrogens (tertiary/aromatic N) is 2. The largest absolute Gasteiger partial charge is 0.392 e. The van der Waals surface area contributed by atoms with Crippen molar-refractivity contribution in [3.05, 3.63) is 59.2 Å². The van der Waals surface area contributed by atoms with Crippen LogP contribution in [0.4, 0.5) is 0 Å². The Kier molecular flexibility index (Phi) is 5.20. The molecule has 3 rings (SSSR count). The number of aromatic nitrogens is 2. The summed E-state index contributed by atoms with van der Waals surface area (Å²) in [6.45, 7) is 0. The summed E-state index contributed by atoms with van der Waals surface area (Å²) in [6.07, 6.45) is 8.42. The predicted octanol–water partition coefficient (Wildman–Crippen LogP) is 2.38. The summed E-state index contributed by atoms with van der Waals surface area (Å²) in [5, 5.41) is 10.3. The summed E-state index contributed by atoms with van der Waals surface area (Å²) < 4.78 is 0. The van der Waals surface area contributed by atoms with Gasteiger partial charge in [-0.3, -0.25) is 14.8 Å². The minimum atomic E-state index is -0.476. The zero-order valence-electron chi connectivity index (χ0n) is 13.7. The van der Waals surface area contributed by atoms with Gasteiger partial charge in [0, 0.05) is 24.0 Å². The van der Waals surface area contributed by atoms with Gasteiger partial charge in [-0.25, -0.2) is 0 Å². The lowest BCUT2D eigenvalue weighted by Gasteiger charge is -2.28. The fourth-order valence-electron chi connectivity index (χ4n) is 3.40. The Balaban J connectivity index is 1.83. The van der Waals surface area contributed by atoms with E-state index in [4.69, 9.17) is 10.7 Å². The van der Waals surface area contributed by atoms with E-state index < -0.39 is 12.0 Å². The Morgan fingerprint density at radius 1 is 1.12 bits per heavy atom. The Bertz CT molecular complexity index is 703. The highest BCUT2D eigenvalue weighted by Crippen LogP contribution is 2.34. The van der Waals surface area contributed by atoms with E-state index in [0.717, 1.165) is 44.2 Å². The lowest BCUT2D eigenvalue weighted by atomic mass is 9.82. The molecule has 0 spiro atoms. The maximum Gasteiger partial charge on any atom is 0.250 e. The van der Waals surface area contributed by atoms with Gasteiger partial charge >= 0.3 is 0 Å². The molecule has 1 aliphatic rings. The van der Waals surface area contributed by atoms with Crippen molar-refractivity contribution in [1.82, 2.24) is 9.97 Å². The molecule has 0 unspecified atom stereocenters. The number of carbonyl (C=O) groups excluding carboxylic acids is 1. The fraction of sp³-hybridized carbons (Fsp3) is 0.421. The van der Waals surface area contributed by atoms with Gasteiger partial charge in [0.25, 0.3) is 5.91 Å². The summed E-state index contributed by atoms with van der Waals surface area (Å²) in [4.78, 5) is 20.5. The van der Waals surface area contributed by atoms with Crippen LogP contribution in [0.2, 0.25) is 0 Å². The fourth-order valence-corrected chi connectivity index (χ4v) is 3.40. The number of nitrogens with two attached hydrogens (primary N) is 1. The van der Waals surface area contributed by atoms with E-state index in [1.54, 1.807) is 18.5 Å². The highest BCUT2D eigenvalue weighted by molar-refractivity contribution is 5.94. The molecule has 3 N–H and O–H groups in total. The van der Waals surface area contributed by atoms with Crippen LogP contribution < -0.4 is 5.73 Å². The van der Waals surface area contributed by atoms with E-state index in [0.29, 0.717) is 11.3 Å². The number of hydrogen-bond donors (Lipinski definition) is 2. The number of rotatable bonds is 5. The molecule has 1 amide bonds. The maximum absolute atomic E-state index is 11.8. The van der Waals surface area contributed by atoms with Gasteiger partial charge in [0.1, 0.15) is 0 Å². The van der Waals surface area contributed by atoms with Crippen LogP contribution in [0, 0.1) is 0 Å². The first-order valence-corrected chi connectivity index (χ1v) is 8.51. The Morgan fingerprint density at radius 2 is 1.88 bits per heavy atom. The van der Waals surface area contributed by atoms with E-state index in [2.05, 4.69) is 4.98 Å². The second-order valence-corrected chi connectivity index (χ2v) is 6.41. The molecular formula is C19H23N3O2. The third-order valence-electron chi connectivity index (χ3n) is 4.75. The van der Waals surface area contributed by atoms with Gasteiger partial charge < -0.3 is 10.8 Å². The lowest BCUT2D eigenvalue weighted by molar-refractivity contribution is 0.0971.